The lowest BCUT2D eigenvalue weighted by atomic mass is 10.0. The van der Waals surface area contributed by atoms with Crippen molar-refractivity contribution in [3.63, 3.8) is 0 Å². The molecule has 20 heavy (non-hydrogen) atoms. The van der Waals surface area contributed by atoms with Crippen molar-refractivity contribution in [1.29, 1.82) is 0 Å². The zero-order chi connectivity index (χ0) is 14.7. The average Bonchev–Trinajstić information content (AvgIpc) is 2.42. The minimum Gasteiger partial charge on any atom is -0.496 e. The van der Waals surface area contributed by atoms with Gasteiger partial charge in [0.25, 0.3) is 5.91 Å². The summed E-state index contributed by atoms with van der Waals surface area (Å²) in [5.74, 6) is -0.670. The van der Waals surface area contributed by atoms with E-state index in [1.54, 1.807) is 24.3 Å². The summed E-state index contributed by atoms with van der Waals surface area (Å²) in [5.41, 5.74) is 6.53. The van der Waals surface area contributed by atoms with E-state index in [1.807, 2.05) is 0 Å². The van der Waals surface area contributed by atoms with Crippen LogP contribution < -0.4 is 10.5 Å². The van der Waals surface area contributed by atoms with Gasteiger partial charge in [-0.25, -0.2) is 4.39 Å². The normalized spacial score (nSPS) is 10.3. The molecule has 2 rings (SSSR count). The number of halogens is 2. The largest absolute Gasteiger partial charge is 0.496 e. The number of primary amides is 1. The Morgan fingerprint density at radius 2 is 2.00 bits per heavy atom. The van der Waals surface area contributed by atoms with Crippen LogP contribution in [0.3, 0.4) is 0 Å². The van der Waals surface area contributed by atoms with E-state index in [0.717, 1.165) is 0 Å². The number of carbonyl (C=O) groups is 1. The molecule has 0 aliphatic rings. The number of carbonyl (C=O) groups excluding carboxylic acids is 1. The number of ether oxygens (including phenoxy) is 1. The number of benzene rings is 2. The Balaban J connectivity index is 2.53. The fourth-order valence-electron chi connectivity index (χ4n) is 2.03. The van der Waals surface area contributed by atoms with Crippen LogP contribution in [0.15, 0.2) is 36.4 Å². The zero-order valence-electron chi connectivity index (χ0n) is 10.8. The minimum absolute atomic E-state index is 0.218. The highest BCUT2D eigenvalue weighted by atomic mass is 35.5. The molecule has 0 spiro atoms. The molecule has 0 saturated carbocycles. The van der Waals surface area contributed by atoms with Crippen LogP contribution in [0.4, 0.5) is 4.39 Å². The van der Waals surface area contributed by atoms with Crippen molar-refractivity contribution in [2.45, 2.75) is 6.42 Å². The van der Waals surface area contributed by atoms with Gasteiger partial charge in [0.2, 0.25) is 0 Å². The van der Waals surface area contributed by atoms with Crippen molar-refractivity contribution in [3.8, 4) is 5.75 Å². The molecule has 0 aliphatic carbocycles. The van der Waals surface area contributed by atoms with Crippen molar-refractivity contribution in [2.24, 2.45) is 5.73 Å². The summed E-state index contributed by atoms with van der Waals surface area (Å²) in [4.78, 5) is 11.4. The van der Waals surface area contributed by atoms with Gasteiger partial charge in [0.05, 0.1) is 12.7 Å². The molecule has 0 unspecified atom stereocenters. The molecular weight excluding hydrogens is 281 g/mol. The van der Waals surface area contributed by atoms with Crippen molar-refractivity contribution in [1.82, 2.24) is 0 Å². The van der Waals surface area contributed by atoms with Crippen molar-refractivity contribution in [3.05, 3.63) is 63.9 Å². The summed E-state index contributed by atoms with van der Waals surface area (Å²) >= 11 is 6.13. The van der Waals surface area contributed by atoms with Gasteiger partial charge in [-0.05, 0) is 23.8 Å². The zero-order valence-corrected chi connectivity index (χ0v) is 11.6. The number of hydrogen-bond acceptors (Lipinski definition) is 2. The van der Waals surface area contributed by atoms with Gasteiger partial charge in [0.1, 0.15) is 11.6 Å². The van der Waals surface area contributed by atoms with Gasteiger partial charge in [-0.15, -0.1) is 0 Å². The van der Waals surface area contributed by atoms with Crippen LogP contribution in [0, 0.1) is 5.82 Å². The first kappa shape index (κ1) is 14.3. The minimum atomic E-state index is -0.617. The Bertz CT molecular complexity index is 658. The first-order valence-electron chi connectivity index (χ1n) is 5.93. The third-order valence-corrected chi connectivity index (χ3v) is 3.35. The third-order valence-electron chi connectivity index (χ3n) is 3.00. The maximum atomic E-state index is 13.7. The second kappa shape index (κ2) is 5.92. The van der Waals surface area contributed by atoms with Crippen LogP contribution in [-0.2, 0) is 6.42 Å². The first-order valence-corrected chi connectivity index (χ1v) is 6.31. The predicted molar refractivity (Wildman–Crippen MR) is 75.7 cm³/mol. The molecule has 104 valence electrons. The summed E-state index contributed by atoms with van der Waals surface area (Å²) in [7, 11) is 1.42. The summed E-state index contributed by atoms with van der Waals surface area (Å²) in [6.07, 6.45) is 0.218. The molecule has 2 aromatic rings. The first-order chi connectivity index (χ1) is 9.54. The topological polar surface area (TPSA) is 52.3 Å². The second-order valence-electron chi connectivity index (χ2n) is 4.24. The molecule has 2 N–H and O–H groups in total. The van der Waals surface area contributed by atoms with Crippen molar-refractivity contribution >= 4 is 17.5 Å². The summed E-state index contributed by atoms with van der Waals surface area (Å²) in [6, 6.07) is 9.42. The number of nitrogens with two attached hydrogens (primary N) is 1. The lowest BCUT2D eigenvalue weighted by molar-refractivity contribution is 0.0997. The van der Waals surface area contributed by atoms with E-state index in [4.69, 9.17) is 22.1 Å². The van der Waals surface area contributed by atoms with Crippen molar-refractivity contribution < 1.29 is 13.9 Å². The maximum Gasteiger partial charge on any atom is 0.252 e. The Labute approximate surface area is 121 Å². The lowest BCUT2D eigenvalue weighted by Gasteiger charge is -2.14. The van der Waals surface area contributed by atoms with Gasteiger partial charge in [-0.3, -0.25) is 4.79 Å². The summed E-state index contributed by atoms with van der Waals surface area (Å²) in [6.45, 7) is 0. The Morgan fingerprint density at radius 3 is 2.60 bits per heavy atom. The van der Waals surface area contributed by atoms with Crippen LogP contribution >= 0.6 is 11.6 Å². The highest BCUT2D eigenvalue weighted by Crippen LogP contribution is 2.32. The van der Waals surface area contributed by atoms with Crippen molar-refractivity contribution in [2.75, 3.05) is 7.11 Å². The number of methoxy groups -OCH3 is 1. The van der Waals surface area contributed by atoms with Gasteiger partial charge in [0, 0.05) is 17.0 Å². The highest BCUT2D eigenvalue weighted by molar-refractivity contribution is 6.31. The van der Waals surface area contributed by atoms with Crippen LogP contribution in [-0.4, -0.2) is 13.0 Å². The van der Waals surface area contributed by atoms with Gasteiger partial charge < -0.3 is 10.5 Å². The molecule has 0 fully saturated rings. The number of amides is 1. The van der Waals surface area contributed by atoms with Gasteiger partial charge in [-0.1, -0.05) is 29.8 Å². The average molecular weight is 294 g/mol. The maximum absolute atomic E-state index is 13.7. The fraction of sp³-hybridized carbons (Fsp3) is 0.133. The molecular formula is C15H13ClFNO2. The predicted octanol–water partition coefficient (Wildman–Crippen LogP) is 3.18. The van der Waals surface area contributed by atoms with E-state index < -0.39 is 5.91 Å². The molecule has 3 nitrogen and oxygen atoms in total. The number of hydrogen-bond donors (Lipinski definition) is 1. The van der Waals surface area contributed by atoms with Crippen LogP contribution in [0.2, 0.25) is 5.02 Å². The molecule has 1 amide bonds. The van der Waals surface area contributed by atoms with Gasteiger partial charge >= 0.3 is 0 Å². The Hall–Kier alpha value is -2.07. The molecule has 0 aromatic heterocycles. The highest BCUT2D eigenvalue weighted by Gasteiger charge is 2.18. The molecule has 0 aliphatic heterocycles. The molecule has 0 bridgehead atoms. The summed E-state index contributed by atoms with van der Waals surface area (Å²) < 4.78 is 18.9. The second-order valence-corrected chi connectivity index (χ2v) is 4.65. The van der Waals surface area contributed by atoms with Crippen LogP contribution in [0.1, 0.15) is 21.5 Å². The Morgan fingerprint density at radius 1 is 1.30 bits per heavy atom. The van der Waals surface area contributed by atoms with E-state index in [-0.39, 0.29) is 23.6 Å². The SMILES string of the molecule is COc1c(C(N)=O)ccc(Cl)c1Cc1ccccc1F. The van der Waals surface area contributed by atoms with Gasteiger partial charge in [0.15, 0.2) is 0 Å². The number of rotatable bonds is 4. The monoisotopic (exact) mass is 293 g/mol. The van der Waals surface area contributed by atoms with E-state index in [9.17, 15) is 9.18 Å². The molecule has 0 saturated heterocycles. The Kier molecular flexibility index (Phi) is 4.25. The molecule has 0 heterocycles. The summed E-state index contributed by atoms with van der Waals surface area (Å²) in [5, 5.41) is 0.398. The van der Waals surface area contributed by atoms with E-state index in [0.29, 0.717) is 16.1 Å². The molecule has 0 radical (unpaired) electrons. The smallest absolute Gasteiger partial charge is 0.252 e. The molecule has 2 aromatic carbocycles. The molecule has 5 heteroatoms. The van der Waals surface area contributed by atoms with E-state index >= 15 is 0 Å². The standard InChI is InChI=1S/C15H13ClFNO2/c1-20-14-10(15(18)19)6-7-12(16)11(14)8-9-4-2-3-5-13(9)17/h2-7H,8H2,1H3,(H2,18,19). The van der Waals surface area contributed by atoms with Crippen LogP contribution in [0.5, 0.6) is 5.75 Å². The lowest BCUT2D eigenvalue weighted by Crippen LogP contribution is -2.14. The van der Waals surface area contributed by atoms with E-state index in [1.165, 1.54) is 19.2 Å². The van der Waals surface area contributed by atoms with E-state index in [2.05, 4.69) is 0 Å². The molecule has 0 atom stereocenters. The fourth-order valence-corrected chi connectivity index (χ4v) is 2.24. The third kappa shape index (κ3) is 2.75. The van der Waals surface area contributed by atoms with Gasteiger partial charge in [-0.2, -0.15) is 0 Å². The quantitative estimate of drug-likeness (QED) is 0.941. The van der Waals surface area contributed by atoms with Crippen LogP contribution in [0.25, 0.3) is 0 Å².